The van der Waals surface area contributed by atoms with Gasteiger partial charge in [0, 0.05) is 36.8 Å². The van der Waals surface area contributed by atoms with Gasteiger partial charge in [0.2, 0.25) is 0 Å². The summed E-state index contributed by atoms with van der Waals surface area (Å²) in [5, 5.41) is 0. The molecule has 1 aliphatic heterocycles. The molecule has 0 aromatic heterocycles. The third kappa shape index (κ3) is 2.94. The van der Waals surface area contributed by atoms with Crippen molar-refractivity contribution < 1.29 is 0 Å². The van der Waals surface area contributed by atoms with Crippen LogP contribution in [0.3, 0.4) is 0 Å². The highest BCUT2D eigenvalue weighted by atomic mass is 15.3. The zero-order valence-corrected chi connectivity index (χ0v) is 11.5. The maximum atomic E-state index is 2.64. The van der Waals surface area contributed by atoms with Gasteiger partial charge in [-0.1, -0.05) is 0 Å². The minimum atomic E-state index is 0.311. The average Bonchev–Trinajstić information content (AvgIpc) is 1.99. The molecule has 0 spiro atoms. The van der Waals surface area contributed by atoms with E-state index >= 15 is 0 Å². The quantitative estimate of drug-likeness (QED) is 0.659. The van der Waals surface area contributed by atoms with Gasteiger partial charge < -0.3 is 0 Å². The number of hydrogen-bond donors (Lipinski definition) is 0. The fraction of sp³-hybridized carbons (Fsp3) is 1.00. The fourth-order valence-electron chi connectivity index (χ4n) is 2.90. The van der Waals surface area contributed by atoms with E-state index in [4.69, 9.17) is 0 Å². The number of rotatable bonds is 1. The zero-order chi connectivity index (χ0) is 11.8. The molecule has 0 radical (unpaired) electrons. The highest BCUT2D eigenvalue weighted by Gasteiger charge is 2.35. The maximum Gasteiger partial charge on any atom is 0.0201 e. The molecule has 2 unspecified atom stereocenters. The minimum absolute atomic E-state index is 0.311. The Hall–Kier alpha value is -0.0800. The topological polar surface area (TPSA) is 6.48 Å². The van der Waals surface area contributed by atoms with E-state index < -0.39 is 0 Å². The van der Waals surface area contributed by atoms with Crippen LogP contribution in [0.15, 0.2) is 0 Å². The lowest BCUT2D eigenvalue weighted by Gasteiger charge is -2.50. The Bertz CT molecular complexity index is 193. The van der Waals surface area contributed by atoms with Crippen molar-refractivity contribution in [3.63, 3.8) is 0 Å². The number of hydrogen-bond acceptors (Lipinski definition) is 2. The van der Waals surface area contributed by atoms with Gasteiger partial charge in [-0.25, -0.2) is 0 Å². The van der Waals surface area contributed by atoms with Gasteiger partial charge >= 0.3 is 0 Å². The molecule has 0 amide bonds. The predicted molar refractivity (Wildman–Crippen MR) is 67.2 cm³/mol. The van der Waals surface area contributed by atoms with Gasteiger partial charge in [-0.3, -0.25) is 9.80 Å². The van der Waals surface area contributed by atoms with Crippen LogP contribution in [0, 0.1) is 0 Å². The molecule has 1 heterocycles. The van der Waals surface area contributed by atoms with Gasteiger partial charge in [0.1, 0.15) is 0 Å². The second-order valence-corrected chi connectivity index (χ2v) is 6.31. The van der Waals surface area contributed by atoms with E-state index in [0.717, 1.165) is 0 Å². The van der Waals surface area contributed by atoms with Gasteiger partial charge in [-0.15, -0.1) is 0 Å². The fourth-order valence-corrected chi connectivity index (χ4v) is 2.90. The number of nitrogens with zero attached hydrogens (tertiary/aromatic N) is 2. The van der Waals surface area contributed by atoms with Crippen molar-refractivity contribution >= 4 is 0 Å². The first kappa shape index (κ1) is 13.0. The Labute approximate surface area is 95.6 Å². The van der Waals surface area contributed by atoms with Crippen molar-refractivity contribution in [1.82, 2.24) is 9.80 Å². The zero-order valence-electron chi connectivity index (χ0n) is 11.5. The lowest BCUT2D eigenvalue weighted by Crippen LogP contribution is -2.62. The summed E-state index contributed by atoms with van der Waals surface area (Å²) < 4.78 is 0. The van der Waals surface area contributed by atoms with E-state index in [0.29, 0.717) is 23.7 Å². The Kier molecular flexibility index (Phi) is 3.83. The first-order valence-corrected chi connectivity index (χ1v) is 6.26. The van der Waals surface area contributed by atoms with Crippen LogP contribution in [0.2, 0.25) is 0 Å². The van der Waals surface area contributed by atoms with Crippen molar-refractivity contribution in [3.05, 3.63) is 0 Å². The lowest BCUT2D eigenvalue weighted by molar-refractivity contribution is -0.0210. The van der Waals surface area contributed by atoms with Crippen molar-refractivity contribution in [2.75, 3.05) is 13.1 Å². The second kappa shape index (κ2) is 4.42. The van der Waals surface area contributed by atoms with E-state index in [1.807, 2.05) is 0 Å². The van der Waals surface area contributed by atoms with E-state index in [1.54, 1.807) is 0 Å². The third-order valence-corrected chi connectivity index (χ3v) is 3.53. The van der Waals surface area contributed by atoms with Crippen LogP contribution in [0.4, 0.5) is 0 Å². The Balaban J connectivity index is 2.71. The summed E-state index contributed by atoms with van der Waals surface area (Å²) in [7, 11) is 0. The van der Waals surface area contributed by atoms with Crippen molar-refractivity contribution in [3.8, 4) is 0 Å². The van der Waals surface area contributed by atoms with Crippen molar-refractivity contribution in [1.29, 1.82) is 0 Å². The van der Waals surface area contributed by atoms with Gasteiger partial charge in [0.05, 0.1) is 0 Å². The van der Waals surface area contributed by atoms with Crippen LogP contribution in [0.25, 0.3) is 0 Å². The van der Waals surface area contributed by atoms with Crippen molar-refractivity contribution in [2.45, 2.75) is 72.1 Å². The molecular weight excluding hydrogens is 184 g/mol. The monoisotopic (exact) mass is 212 g/mol. The summed E-state index contributed by atoms with van der Waals surface area (Å²) in [5.41, 5.74) is 0.311. The molecule has 0 saturated carbocycles. The molecule has 1 saturated heterocycles. The molecule has 0 aromatic carbocycles. The molecule has 15 heavy (non-hydrogen) atoms. The van der Waals surface area contributed by atoms with E-state index in [1.165, 1.54) is 13.1 Å². The van der Waals surface area contributed by atoms with Crippen LogP contribution >= 0.6 is 0 Å². The van der Waals surface area contributed by atoms with Crippen LogP contribution in [-0.2, 0) is 0 Å². The third-order valence-electron chi connectivity index (χ3n) is 3.53. The molecule has 2 nitrogen and oxygen atoms in total. The molecule has 1 rings (SSSR count). The summed E-state index contributed by atoms with van der Waals surface area (Å²) >= 11 is 0. The van der Waals surface area contributed by atoms with Gasteiger partial charge in [0.15, 0.2) is 0 Å². The van der Waals surface area contributed by atoms with Crippen LogP contribution < -0.4 is 0 Å². The summed E-state index contributed by atoms with van der Waals surface area (Å²) in [6.45, 7) is 18.7. The van der Waals surface area contributed by atoms with E-state index in [2.05, 4.69) is 58.3 Å². The molecule has 1 aliphatic rings. The second-order valence-electron chi connectivity index (χ2n) is 6.31. The molecule has 0 bridgehead atoms. The Morgan fingerprint density at radius 2 is 1.40 bits per heavy atom. The molecule has 2 atom stereocenters. The van der Waals surface area contributed by atoms with Crippen LogP contribution in [0.5, 0.6) is 0 Å². The maximum absolute atomic E-state index is 2.64. The highest BCUT2D eigenvalue weighted by Crippen LogP contribution is 2.24. The highest BCUT2D eigenvalue weighted by molar-refractivity contribution is 4.91. The van der Waals surface area contributed by atoms with Gasteiger partial charge in [0.25, 0.3) is 0 Å². The average molecular weight is 212 g/mol. The first-order valence-electron chi connectivity index (χ1n) is 6.26. The molecule has 2 heteroatoms. The summed E-state index contributed by atoms with van der Waals surface area (Å²) in [6.07, 6.45) is 0. The number of piperazine rings is 1. The van der Waals surface area contributed by atoms with E-state index in [-0.39, 0.29) is 0 Å². The Morgan fingerprint density at radius 1 is 1.00 bits per heavy atom. The summed E-state index contributed by atoms with van der Waals surface area (Å²) in [6, 6.07) is 2.01. The largest absolute Gasteiger partial charge is 0.295 e. The van der Waals surface area contributed by atoms with Gasteiger partial charge in [-0.05, 0) is 48.5 Å². The van der Waals surface area contributed by atoms with Crippen LogP contribution in [0.1, 0.15) is 48.5 Å². The molecular formula is C13H28N2. The van der Waals surface area contributed by atoms with E-state index in [9.17, 15) is 0 Å². The minimum Gasteiger partial charge on any atom is -0.295 e. The van der Waals surface area contributed by atoms with Crippen molar-refractivity contribution in [2.24, 2.45) is 0 Å². The normalized spacial score (nSPS) is 31.2. The molecule has 1 fully saturated rings. The molecule has 0 aliphatic carbocycles. The SMILES string of the molecule is CC(C)N1C(C)CN(C(C)(C)C)CC1C. The van der Waals surface area contributed by atoms with Crippen LogP contribution in [-0.4, -0.2) is 46.6 Å². The lowest BCUT2D eigenvalue weighted by atomic mass is 9.98. The molecule has 0 N–H and O–H groups in total. The standard InChI is InChI=1S/C13H28N2/c1-10(2)15-11(3)8-14(9-12(15)4)13(5,6)7/h10-12H,8-9H2,1-7H3. The smallest absolute Gasteiger partial charge is 0.0201 e. The molecule has 0 aromatic rings. The molecule has 90 valence electrons. The predicted octanol–water partition coefficient (Wildman–Crippen LogP) is 2.59. The summed E-state index contributed by atoms with van der Waals surface area (Å²) in [5.74, 6) is 0. The Morgan fingerprint density at radius 3 is 1.67 bits per heavy atom. The summed E-state index contributed by atoms with van der Waals surface area (Å²) in [4.78, 5) is 5.25. The van der Waals surface area contributed by atoms with Gasteiger partial charge in [-0.2, -0.15) is 0 Å². The first-order chi connectivity index (χ1) is 6.73.